The minimum atomic E-state index is 0.310. The number of hydrogen-bond acceptors (Lipinski definition) is 3. The summed E-state index contributed by atoms with van der Waals surface area (Å²) in [5, 5.41) is 12.8. The molecule has 0 bridgehead atoms. The monoisotopic (exact) mass is 245 g/mol. The zero-order valence-electron chi connectivity index (χ0n) is 10.6. The van der Waals surface area contributed by atoms with Crippen molar-refractivity contribution in [1.82, 2.24) is 5.32 Å². The minimum Gasteiger partial charge on any atom is -0.396 e. The van der Waals surface area contributed by atoms with Crippen LogP contribution in [0.1, 0.15) is 51.4 Å². The van der Waals surface area contributed by atoms with Gasteiger partial charge in [0.1, 0.15) is 0 Å². The van der Waals surface area contributed by atoms with Crippen molar-refractivity contribution in [1.29, 1.82) is 0 Å². The van der Waals surface area contributed by atoms with Crippen LogP contribution in [0.2, 0.25) is 0 Å². The van der Waals surface area contributed by atoms with E-state index in [-0.39, 0.29) is 0 Å². The van der Waals surface area contributed by atoms with Crippen LogP contribution in [0.3, 0.4) is 0 Å². The number of aliphatic hydroxyl groups excluding tert-OH is 1. The average Bonchev–Trinajstić information content (AvgIpc) is 2.22. The largest absolute Gasteiger partial charge is 0.396 e. The highest BCUT2D eigenvalue weighted by atomic mass is 32.2. The second-order valence-corrected chi connectivity index (χ2v) is 5.78. The highest BCUT2D eigenvalue weighted by Crippen LogP contribution is 2.18. The van der Waals surface area contributed by atoms with Crippen molar-refractivity contribution in [2.24, 2.45) is 0 Å². The number of aliphatic hydroxyl groups is 1. The van der Waals surface area contributed by atoms with Gasteiger partial charge in [-0.15, -0.1) is 0 Å². The molecule has 1 atom stereocenters. The Kier molecular flexibility index (Phi) is 8.34. The molecular weight excluding hydrogens is 218 g/mol. The van der Waals surface area contributed by atoms with Crippen molar-refractivity contribution in [3.05, 3.63) is 0 Å². The molecule has 0 aliphatic heterocycles. The smallest absolute Gasteiger partial charge is 0.0446 e. The highest BCUT2D eigenvalue weighted by Gasteiger charge is 2.15. The van der Waals surface area contributed by atoms with E-state index >= 15 is 0 Å². The highest BCUT2D eigenvalue weighted by molar-refractivity contribution is 7.98. The number of rotatable bonds is 6. The zero-order chi connectivity index (χ0) is 11.6. The van der Waals surface area contributed by atoms with Crippen LogP contribution >= 0.6 is 11.8 Å². The molecule has 3 heteroatoms. The van der Waals surface area contributed by atoms with Crippen molar-refractivity contribution < 1.29 is 5.11 Å². The van der Waals surface area contributed by atoms with Crippen LogP contribution in [-0.4, -0.2) is 35.8 Å². The average molecular weight is 245 g/mol. The first-order chi connectivity index (χ1) is 7.86. The molecule has 0 amide bonds. The number of nitrogens with one attached hydrogen (secondary N) is 1. The molecule has 0 radical (unpaired) electrons. The van der Waals surface area contributed by atoms with Crippen LogP contribution in [-0.2, 0) is 0 Å². The predicted molar refractivity (Wildman–Crippen MR) is 73.1 cm³/mol. The maximum Gasteiger partial charge on any atom is 0.0446 e. The van der Waals surface area contributed by atoms with Crippen LogP contribution in [0.15, 0.2) is 0 Å². The summed E-state index contributed by atoms with van der Waals surface area (Å²) in [5.74, 6) is 1.12. The van der Waals surface area contributed by atoms with E-state index in [2.05, 4.69) is 11.6 Å². The molecule has 16 heavy (non-hydrogen) atoms. The molecule has 2 N–H and O–H groups in total. The SMILES string of the molecule is CSCC(CCO)NC1CCCCCCC1. The Hall–Kier alpha value is 0.270. The van der Waals surface area contributed by atoms with Gasteiger partial charge in [-0.25, -0.2) is 0 Å². The van der Waals surface area contributed by atoms with Gasteiger partial charge < -0.3 is 10.4 Å². The van der Waals surface area contributed by atoms with E-state index in [9.17, 15) is 0 Å². The van der Waals surface area contributed by atoms with Crippen molar-refractivity contribution in [2.45, 2.75) is 63.5 Å². The van der Waals surface area contributed by atoms with Crippen molar-refractivity contribution in [3.8, 4) is 0 Å². The minimum absolute atomic E-state index is 0.310. The fourth-order valence-corrected chi connectivity index (χ4v) is 3.19. The van der Waals surface area contributed by atoms with Gasteiger partial charge in [-0.05, 0) is 25.5 Å². The van der Waals surface area contributed by atoms with Crippen molar-refractivity contribution >= 4 is 11.8 Å². The second kappa shape index (κ2) is 9.32. The Morgan fingerprint density at radius 2 is 1.81 bits per heavy atom. The van der Waals surface area contributed by atoms with Gasteiger partial charge in [0.05, 0.1) is 0 Å². The lowest BCUT2D eigenvalue weighted by Crippen LogP contribution is -2.40. The third kappa shape index (κ3) is 6.12. The van der Waals surface area contributed by atoms with Crippen LogP contribution in [0.4, 0.5) is 0 Å². The third-order valence-electron chi connectivity index (χ3n) is 3.42. The van der Waals surface area contributed by atoms with E-state index in [4.69, 9.17) is 5.11 Å². The lowest BCUT2D eigenvalue weighted by Gasteiger charge is -2.26. The molecule has 0 spiro atoms. The normalized spacial score (nSPS) is 21.4. The fraction of sp³-hybridized carbons (Fsp3) is 1.00. The molecule has 96 valence electrons. The molecule has 1 saturated carbocycles. The van der Waals surface area contributed by atoms with E-state index in [1.54, 1.807) is 0 Å². The summed E-state index contributed by atoms with van der Waals surface area (Å²) in [6.07, 6.45) is 12.7. The molecular formula is C13H27NOS. The first-order valence-corrected chi connectivity index (χ1v) is 8.12. The third-order valence-corrected chi connectivity index (χ3v) is 4.16. The van der Waals surface area contributed by atoms with Crippen LogP contribution in [0.25, 0.3) is 0 Å². The van der Waals surface area contributed by atoms with Gasteiger partial charge in [-0.1, -0.05) is 32.1 Å². The van der Waals surface area contributed by atoms with E-state index < -0.39 is 0 Å². The molecule has 1 fully saturated rings. The topological polar surface area (TPSA) is 32.3 Å². The first kappa shape index (κ1) is 14.3. The standard InChI is InChI=1S/C13H27NOS/c1-16-11-13(9-10-15)14-12-7-5-3-2-4-6-8-12/h12-15H,2-11H2,1H3. The maximum absolute atomic E-state index is 9.04. The Morgan fingerprint density at radius 3 is 2.38 bits per heavy atom. The van der Waals surface area contributed by atoms with Gasteiger partial charge in [0.2, 0.25) is 0 Å². The summed E-state index contributed by atoms with van der Waals surface area (Å²) in [6.45, 7) is 0.310. The van der Waals surface area contributed by atoms with Crippen LogP contribution in [0.5, 0.6) is 0 Å². The fourth-order valence-electron chi connectivity index (χ4n) is 2.53. The molecule has 1 aliphatic carbocycles. The lowest BCUT2D eigenvalue weighted by atomic mass is 9.96. The maximum atomic E-state index is 9.04. The Morgan fingerprint density at radius 1 is 1.19 bits per heavy atom. The van der Waals surface area contributed by atoms with E-state index in [1.165, 1.54) is 44.9 Å². The summed E-state index contributed by atoms with van der Waals surface area (Å²) >= 11 is 1.87. The summed E-state index contributed by atoms with van der Waals surface area (Å²) in [5.41, 5.74) is 0. The summed E-state index contributed by atoms with van der Waals surface area (Å²) in [7, 11) is 0. The van der Waals surface area contributed by atoms with Crippen molar-refractivity contribution in [2.75, 3.05) is 18.6 Å². The van der Waals surface area contributed by atoms with E-state index in [0.717, 1.165) is 12.2 Å². The Bertz CT molecular complexity index is 152. The van der Waals surface area contributed by atoms with Crippen LogP contribution in [0, 0.1) is 0 Å². The van der Waals surface area contributed by atoms with Gasteiger partial charge in [0.25, 0.3) is 0 Å². The van der Waals surface area contributed by atoms with Gasteiger partial charge in [0, 0.05) is 24.4 Å². The quantitative estimate of drug-likeness (QED) is 0.755. The molecule has 0 saturated heterocycles. The summed E-state index contributed by atoms with van der Waals surface area (Å²) in [4.78, 5) is 0. The first-order valence-electron chi connectivity index (χ1n) is 6.72. The second-order valence-electron chi connectivity index (χ2n) is 4.87. The molecule has 0 heterocycles. The lowest BCUT2D eigenvalue weighted by molar-refractivity contribution is 0.257. The van der Waals surface area contributed by atoms with Crippen molar-refractivity contribution in [3.63, 3.8) is 0 Å². The van der Waals surface area contributed by atoms with Crippen LogP contribution < -0.4 is 5.32 Å². The molecule has 1 aliphatic rings. The van der Waals surface area contributed by atoms with Gasteiger partial charge >= 0.3 is 0 Å². The van der Waals surface area contributed by atoms with E-state index in [0.29, 0.717) is 18.7 Å². The van der Waals surface area contributed by atoms with Gasteiger partial charge in [-0.3, -0.25) is 0 Å². The molecule has 2 nitrogen and oxygen atoms in total. The molecule has 1 unspecified atom stereocenters. The molecule has 1 rings (SSSR count). The van der Waals surface area contributed by atoms with Gasteiger partial charge in [0.15, 0.2) is 0 Å². The molecule has 0 aromatic rings. The number of hydrogen-bond donors (Lipinski definition) is 2. The zero-order valence-corrected chi connectivity index (χ0v) is 11.4. The van der Waals surface area contributed by atoms with Gasteiger partial charge in [-0.2, -0.15) is 11.8 Å². The summed E-state index contributed by atoms with van der Waals surface area (Å²) in [6, 6.07) is 1.20. The predicted octanol–water partition coefficient (Wildman–Crippen LogP) is 2.80. The molecule has 0 aromatic heterocycles. The molecule has 0 aromatic carbocycles. The summed E-state index contributed by atoms with van der Waals surface area (Å²) < 4.78 is 0. The Balaban J connectivity index is 2.28. The van der Waals surface area contributed by atoms with E-state index in [1.807, 2.05) is 11.8 Å². The number of thioether (sulfide) groups is 1. The Labute approximate surface area is 105 Å².